The number of rotatable bonds is 7. The van der Waals surface area contributed by atoms with Gasteiger partial charge in [0.1, 0.15) is 11.5 Å². The number of hydrogen-bond acceptors (Lipinski definition) is 6. The highest BCUT2D eigenvalue weighted by Gasteiger charge is 2.45. The van der Waals surface area contributed by atoms with Crippen molar-refractivity contribution in [2.75, 3.05) is 34.3 Å². The van der Waals surface area contributed by atoms with Crippen molar-refractivity contribution in [3.05, 3.63) is 65.0 Å². The van der Waals surface area contributed by atoms with Gasteiger partial charge in [0.15, 0.2) is 11.6 Å². The van der Waals surface area contributed by atoms with E-state index in [1.807, 2.05) is 19.0 Å². The van der Waals surface area contributed by atoms with E-state index >= 15 is 0 Å². The molecule has 1 aliphatic heterocycles. The molecule has 1 unspecified atom stereocenters. The number of aromatic hydroxyl groups is 1. The minimum Gasteiger partial charge on any atom is -0.508 e. The molecule has 2 N–H and O–H groups in total. The molecule has 2 aromatic carbocycles. The molecule has 8 heteroatoms. The second kappa shape index (κ2) is 9.18. The smallest absolute Gasteiger partial charge is 0.295 e. The summed E-state index contributed by atoms with van der Waals surface area (Å²) in [7, 11) is 5.12. The van der Waals surface area contributed by atoms with Crippen LogP contribution in [0.2, 0.25) is 0 Å². The van der Waals surface area contributed by atoms with Gasteiger partial charge in [-0.2, -0.15) is 0 Å². The van der Waals surface area contributed by atoms with Gasteiger partial charge in [-0.3, -0.25) is 9.59 Å². The molecule has 1 atom stereocenters. The number of halogens is 1. The number of ketones is 1. The maximum Gasteiger partial charge on any atom is 0.295 e. The van der Waals surface area contributed by atoms with Gasteiger partial charge in [-0.05, 0) is 63.0 Å². The minimum absolute atomic E-state index is 0.00906. The van der Waals surface area contributed by atoms with Crippen LogP contribution in [0.4, 0.5) is 4.39 Å². The second-order valence-electron chi connectivity index (χ2n) is 7.59. The van der Waals surface area contributed by atoms with E-state index in [0.717, 1.165) is 6.07 Å². The zero-order chi connectivity index (χ0) is 22.7. The van der Waals surface area contributed by atoms with Crippen molar-refractivity contribution in [1.82, 2.24) is 9.80 Å². The van der Waals surface area contributed by atoms with E-state index < -0.39 is 29.3 Å². The number of hydrogen-bond donors (Lipinski definition) is 2. The van der Waals surface area contributed by atoms with E-state index in [1.165, 1.54) is 36.3 Å². The van der Waals surface area contributed by atoms with E-state index in [1.54, 1.807) is 12.1 Å². The van der Waals surface area contributed by atoms with Crippen molar-refractivity contribution in [2.45, 2.75) is 12.5 Å². The number of nitrogens with zero attached hydrogens (tertiary/aromatic N) is 2. The summed E-state index contributed by atoms with van der Waals surface area (Å²) in [5.74, 6) is -2.84. The first-order chi connectivity index (χ1) is 14.7. The Balaban J connectivity index is 2.11. The van der Waals surface area contributed by atoms with Crippen LogP contribution in [-0.4, -0.2) is 66.0 Å². The van der Waals surface area contributed by atoms with Gasteiger partial charge < -0.3 is 24.7 Å². The SMILES string of the molecule is COc1ccc(/C(O)=C2\C(=O)C(=O)N(CCCN(C)C)C2c2cccc(O)c2)cc1F. The highest BCUT2D eigenvalue weighted by Crippen LogP contribution is 2.40. The van der Waals surface area contributed by atoms with Crippen LogP contribution in [0.25, 0.3) is 5.76 Å². The highest BCUT2D eigenvalue weighted by atomic mass is 19.1. The van der Waals surface area contributed by atoms with Crippen LogP contribution in [0, 0.1) is 5.82 Å². The fourth-order valence-corrected chi connectivity index (χ4v) is 3.68. The zero-order valence-corrected chi connectivity index (χ0v) is 17.6. The predicted molar refractivity (Wildman–Crippen MR) is 113 cm³/mol. The van der Waals surface area contributed by atoms with E-state index in [4.69, 9.17) is 4.74 Å². The molecular formula is C23H25FN2O5. The molecular weight excluding hydrogens is 403 g/mol. The first-order valence-electron chi connectivity index (χ1n) is 9.80. The summed E-state index contributed by atoms with van der Waals surface area (Å²) >= 11 is 0. The summed E-state index contributed by atoms with van der Waals surface area (Å²) in [6, 6.07) is 9.07. The van der Waals surface area contributed by atoms with Crippen LogP contribution < -0.4 is 4.74 Å². The lowest BCUT2D eigenvalue weighted by Crippen LogP contribution is -2.32. The molecule has 1 saturated heterocycles. The van der Waals surface area contributed by atoms with Gasteiger partial charge in [-0.25, -0.2) is 4.39 Å². The molecule has 0 aliphatic carbocycles. The third kappa shape index (κ3) is 4.54. The molecule has 2 aromatic rings. The molecule has 1 heterocycles. The van der Waals surface area contributed by atoms with Crippen molar-refractivity contribution in [2.24, 2.45) is 0 Å². The monoisotopic (exact) mass is 428 g/mol. The Bertz CT molecular complexity index is 1030. The zero-order valence-electron chi connectivity index (χ0n) is 17.6. The molecule has 1 aliphatic rings. The van der Waals surface area contributed by atoms with Crippen LogP contribution in [0.5, 0.6) is 11.5 Å². The van der Waals surface area contributed by atoms with E-state index in [9.17, 15) is 24.2 Å². The molecule has 0 spiro atoms. The number of carbonyl (C=O) groups excluding carboxylic acids is 2. The number of ether oxygens (including phenoxy) is 1. The summed E-state index contributed by atoms with van der Waals surface area (Å²) in [6.45, 7) is 0.969. The Morgan fingerprint density at radius 2 is 1.94 bits per heavy atom. The van der Waals surface area contributed by atoms with Crippen LogP contribution in [0.1, 0.15) is 23.6 Å². The number of carbonyl (C=O) groups is 2. The Labute approximate surface area is 180 Å². The standard InChI is InChI=1S/C23H25FN2O5/c1-25(2)10-5-11-26-20(14-6-4-7-16(27)12-14)19(22(29)23(26)30)21(28)15-8-9-18(31-3)17(24)13-15/h4,6-9,12-13,20,27-28H,5,10-11H2,1-3H3/b21-19+. The quantitative estimate of drug-likeness (QED) is 0.400. The molecule has 0 aromatic heterocycles. The first-order valence-corrected chi connectivity index (χ1v) is 9.80. The van der Waals surface area contributed by atoms with Crippen molar-refractivity contribution in [3.63, 3.8) is 0 Å². The lowest BCUT2D eigenvalue weighted by molar-refractivity contribution is -0.139. The normalized spacial score (nSPS) is 18.1. The minimum atomic E-state index is -0.903. The largest absolute Gasteiger partial charge is 0.508 e. The van der Waals surface area contributed by atoms with Gasteiger partial charge in [0.25, 0.3) is 11.7 Å². The lowest BCUT2D eigenvalue weighted by atomic mass is 9.95. The maximum atomic E-state index is 14.2. The Morgan fingerprint density at radius 3 is 2.55 bits per heavy atom. The molecule has 1 fully saturated rings. The Hall–Kier alpha value is -3.39. The number of likely N-dealkylation sites (tertiary alicyclic amines) is 1. The second-order valence-corrected chi connectivity index (χ2v) is 7.59. The van der Waals surface area contributed by atoms with E-state index in [-0.39, 0.29) is 29.2 Å². The predicted octanol–water partition coefficient (Wildman–Crippen LogP) is 2.91. The van der Waals surface area contributed by atoms with Crippen molar-refractivity contribution in [3.8, 4) is 11.5 Å². The molecule has 0 saturated carbocycles. The Kier molecular flexibility index (Phi) is 6.60. The number of phenolic OH excluding ortho intramolecular Hbond substituents is 1. The fraction of sp³-hybridized carbons (Fsp3) is 0.304. The third-order valence-corrected chi connectivity index (χ3v) is 5.16. The lowest BCUT2D eigenvalue weighted by Gasteiger charge is -2.26. The number of aliphatic hydroxyl groups is 1. The number of benzene rings is 2. The maximum absolute atomic E-state index is 14.2. The van der Waals surface area contributed by atoms with Crippen molar-refractivity contribution in [1.29, 1.82) is 0 Å². The molecule has 1 amide bonds. The van der Waals surface area contributed by atoms with Gasteiger partial charge in [-0.15, -0.1) is 0 Å². The summed E-state index contributed by atoms with van der Waals surface area (Å²) in [6.07, 6.45) is 0.604. The Morgan fingerprint density at radius 1 is 1.19 bits per heavy atom. The van der Waals surface area contributed by atoms with Gasteiger partial charge in [-0.1, -0.05) is 12.1 Å². The highest BCUT2D eigenvalue weighted by molar-refractivity contribution is 6.46. The van der Waals surface area contributed by atoms with Crippen LogP contribution in [-0.2, 0) is 9.59 Å². The molecule has 31 heavy (non-hydrogen) atoms. The van der Waals surface area contributed by atoms with E-state index in [2.05, 4.69) is 0 Å². The average molecular weight is 428 g/mol. The number of Topliss-reactive ketones (excluding diaryl/α,β-unsaturated/α-hetero) is 1. The van der Waals surface area contributed by atoms with E-state index in [0.29, 0.717) is 18.5 Å². The molecule has 164 valence electrons. The summed E-state index contributed by atoms with van der Waals surface area (Å²) < 4.78 is 19.1. The number of methoxy groups -OCH3 is 1. The number of phenols is 1. The average Bonchev–Trinajstić information content (AvgIpc) is 2.98. The van der Waals surface area contributed by atoms with Gasteiger partial charge >= 0.3 is 0 Å². The van der Waals surface area contributed by atoms with Crippen molar-refractivity contribution < 1.29 is 28.9 Å². The van der Waals surface area contributed by atoms with Crippen LogP contribution in [0.15, 0.2) is 48.0 Å². The van der Waals surface area contributed by atoms with Crippen LogP contribution in [0.3, 0.4) is 0 Å². The number of amides is 1. The van der Waals surface area contributed by atoms with Crippen LogP contribution >= 0.6 is 0 Å². The molecule has 0 bridgehead atoms. The summed E-state index contributed by atoms with van der Waals surface area (Å²) in [4.78, 5) is 29.1. The summed E-state index contributed by atoms with van der Waals surface area (Å²) in [5, 5.41) is 20.9. The molecule has 0 radical (unpaired) electrons. The van der Waals surface area contributed by atoms with Crippen molar-refractivity contribution >= 4 is 17.4 Å². The van der Waals surface area contributed by atoms with Gasteiger partial charge in [0.2, 0.25) is 0 Å². The third-order valence-electron chi connectivity index (χ3n) is 5.16. The topological polar surface area (TPSA) is 90.3 Å². The number of aliphatic hydroxyl groups excluding tert-OH is 1. The first kappa shape index (κ1) is 22.3. The molecule has 3 rings (SSSR count). The van der Waals surface area contributed by atoms with Gasteiger partial charge in [0.05, 0.1) is 18.7 Å². The molecule has 7 nitrogen and oxygen atoms in total. The fourth-order valence-electron chi connectivity index (χ4n) is 3.68. The summed E-state index contributed by atoms with van der Waals surface area (Å²) in [5.41, 5.74) is 0.374. The van der Waals surface area contributed by atoms with Gasteiger partial charge in [0, 0.05) is 12.1 Å².